The minimum Gasteiger partial charge on any atom is -0.299 e. The van der Waals surface area contributed by atoms with Crippen molar-refractivity contribution in [2.24, 2.45) is 11.8 Å². The molecule has 1 aliphatic carbocycles. The van der Waals surface area contributed by atoms with Gasteiger partial charge < -0.3 is 0 Å². The smallest absolute Gasteiger partial charge is 0.139 e. The number of ketones is 1. The molecule has 1 saturated carbocycles. The summed E-state index contributed by atoms with van der Waals surface area (Å²) in [5, 5.41) is 0.697. The van der Waals surface area contributed by atoms with Gasteiger partial charge >= 0.3 is 0 Å². The zero-order chi connectivity index (χ0) is 11.1. The third-order valence-corrected chi connectivity index (χ3v) is 6.88. The highest BCUT2D eigenvalue weighted by Crippen LogP contribution is 2.40. The quantitative estimate of drug-likeness (QED) is 0.743. The number of hydrogen-bond acceptors (Lipinski definition) is 2. The molecule has 0 aromatic carbocycles. The summed E-state index contributed by atoms with van der Waals surface area (Å²) in [5.41, 5.74) is 0. The van der Waals surface area contributed by atoms with Gasteiger partial charge in [0.15, 0.2) is 0 Å². The van der Waals surface area contributed by atoms with Crippen molar-refractivity contribution in [2.45, 2.75) is 61.9 Å². The lowest BCUT2D eigenvalue weighted by Gasteiger charge is -2.39. The van der Waals surface area contributed by atoms with Crippen LogP contribution in [0.1, 0.15) is 51.4 Å². The number of carbonyl (C=O) groups is 1. The van der Waals surface area contributed by atoms with Crippen LogP contribution in [0.2, 0.25) is 0 Å². The first-order valence-electron chi connectivity index (χ1n) is 6.69. The number of hydrogen-bond donors (Lipinski definition) is 0. The summed E-state index contributed by atoms with van der Waals surface area (Å²) in [4.78, 5) is 12.2. The van der Waals surface area contributed by atoms with E-state index in [9.17, 15) is 9.00 Å². The van der Waals surface area contributed by atoms with Gasteiger partial charge in [-0.15, -0.1) is 0 Å². The summed E-state index contributed by atoms with van der Waals surface area (Å²) >= 11 is 0. The zero-order valence-corrected chi connectivity index (χ0v) is 10.5. The first-order chi connectivity index (χ1) is 7.75. The van der Waals surface area contributed by atoms with Gasteiger partial charge in [-0.2, -0.15) is 0 Å². The molecule has 2 bridgehead atoms. The van der Waals surface area contributed by atoms with E-state index in [0.717, 1.165) is 38.5 Å². The predicted molar refractivity (Wildman–Crippen MR) is 64.6 cm³/mol. The first kappa shape index (κ1) is 10.9. The monoisotopic (exact) mass is 240 g/mol. The van der Waals surface area contributed by atoms with Crippen molar-refractivity contribution in [3.8, 4) is 0 Å². The molecule has 16 heavy (non-hydrogen) atoms. The number of Topliss-reactive ketones (excluding diaryl/α,β-unsaturated/α-hetero) is 1. The SMILES string of the molecule is O=C(C1CCC1)C1CC2CCCC(C1)S2=O. The second kappa shape index (κ2) is 4.25. The van der Waals surface area contributed by atoms with E-state index < -0.39 is 10.8 Å². The lowest BCUT2D eigenvalue weighted by Crippen LogP contribution is -2.43. The van der Waals surface area contributed by atoms with E-state index in [1.165, 1.54) is 12.8 Å². The van der Waals surface area contributed by atoms with E-state index >= 15 is 0 Å². The molecule has 2 atom stereocenters. The van der Waals surface area contributed by atoms with Crippen LogP contribution in [0.4, 0.5) is 0 Å². The van der Waals surface area contributed by atoms with E-state index in [0.29, 0.717) is 22.2 Å². The van der Waals surface area contributed by atoms with Crippen molar-refractivity contribution in [3.63, 3.8) is 0 Å². The summed E-state index contributed by atoms with van der Waals surface area (Å²) < 4.78 is 12.0. The fraction of sp³-hybridized carbons (Fsp3) is 0.923. The lowest BCUT2D eigenvalue weighted by atomic mass is 9.74. The van der Waals surface area contributed by atoms with Gasteiger partial charge in [0.25, 0.3) is 0 Å². The Morgan fingerprint density at radius 3 is 1.94 bits per heavy atom. The molecule has 2 saturated heterocycles. The molecule has 2 nitrogen and oxygen atoms in total. The Hall–Kier alpha value is -0.180. The maximum atomic E-state index is 12.2. The fourth-order valence-corrected chi connectivity index (χ4v) is 5.68. The van der Waals surface area contributed by atoms with Crippen molar-refractivity contribution in [1.82, 2.24) is 0 Å². The Morgan fingerprint density at radius 2 is 1.44 bits per heavy atom. The molecule has 2 unspecified atom stereocenters. The van der Waals surface area contributed by atoms with Crippen LogP contribution in [0.15, 0.2) is 0 Å². The van der Waals surface area contributed by atoms with Gasteiger partial charge in [0.05, 0.1) is 0 Å². The third kappa shape index (κ3) is 1.77. The molecule has 3 rings (SSSR count). The van der Waals surface area contributed by atoms with Gasteiger partial charge in [-0.3, -0.25) is 9.00 Å². The van der Waals surface area contributed by atoms with E-state index in [1.807, 2.05) is 0 Å². The van der Waals surface area contributed by atoms with Gasteiger partial charge in [-0.05, 0) is 38.5 Å². The number of fused-ring (bicyclic) bond motifs is 2. The van der Waals surface area contributed by atoms with Crippen molar-refractivity contribution >= 4 is 16.6 Å². The minimum absolute atomic E-state index is 0.262. The van der Waals surface area contributed by atoms with Crippen LogP contribution in [0.25, 0.3) is 0 Å². The summed E-state index contributed by atoms with van der Waals surface area (Å²) in [7, 11) is -0.623. The average Bonchev–Trinajstić information content (AvgIpc) is 2.13. The Bertz CT molecular complexity index is 306. The Morgan fingerprint density at radius 1 is 0.875 bits per heavy atom. The van der Waals surface area contributed by atoms with Crippen LogP contribution in [-0.2, 0) is 15.6 Å². The molecule has 3 aliphatic rings. The summed E-state index contributed by atoms with van der Waals surface area (Å²) in [5.74, 6) is 1.15. The van der Waals surface area contributed by atoms with Crippen LogP contribution in [0.5, 0.6) is 0 Å². The van der Waals surface area contributed by atoms with Crippen LogP contribution in [-0.4, -0.2) is 20.5 Å². The van der Waals surface area contributed by atoms with Crippen LogP contribution in [0, 0.1) is 11.8 Å². The van der Waals surface area contributed by atoms with Gasteiger partial charge in [-0.1, -0.05) is 12.8 Å². The highest BCUT2D eigenvalue weighted by atomic mass is 32.2. The fourth-order valence-electron chi connectivity index (χ4n) is 3.49. The molecule has 90 valence electrons. The normalized spacial score (nSPS) is 43.8. The highest BCUT2D eigenvalue weighted by Gasteiger charge is 2.42. The zero-order valence-electron chi connectivity index (χ0n) is 9.69. The summed E-state index contributed by atoms with van der Waals surface area (Å²) in [6.45, 7) is 0. The van der Waals surface area contributed by atoms with E-state index in [2.05, 4.69) is 0 Å². The van der Waals surface area contributed by atoms with Crippen molar-refractivity contribution in [1.29, 1.82) is 0 Å². The topological polar surface area (TPSA) is 34.1 Å². The Labute approximate surface area is 99.6 Å². The molecule has 2 aliphatic heterocycles. The molecule has 2 heterocycles. The lowest BCUT2D eigenvalue weighted by molar-refractivity contribution is -0.129. The van der Waals surface area contributed by atoms with Gasteiger partial charge in [0, 0.05) is 33.1 Å². The Kier molecular flexibility index (Phi) is 2.90. The second-order valence-corrected chi connectivity index (χ2v) is 7.69. The Balaban J connectivity index is 1.69. The number of rotatable bonds is 2. The maximum Gasteiger partial charge on any atom is 0.139 e. The van der Waals surface area contributed by atoms with Gasteiger partial charge in [-0.25, -0.2) is 0 Å². The van der Waals surface area contributed by atoms with E-state index in [1.54, 1.807) is 0 Å². The van der Waals surface area contributed by atoms with Crippen molar-refractivity contribution < 1.29 is 9.00 Å². The summed E-state index contributed by atoms with van der Waals surface area (Å²) in [6.07, 6.45) is 8.75. The number of carbonyl (C=O) groups excluding carboxylic acids is 1. The predicted octanol–water partition coefficient (Wildman–Crippen LogP) is 2.44. The largest absolute Gasteiger partial charge is 0.299 e. The van der Waals surface area contributed by atoms with Crippen molar-refractivity contribution in [3.05, 3.63) is 0 Å². The maximum absolute atomic E-state index is 12.2. The molecule has 0 N–H and O–H groups in total. The van der Waals surface area contributed by atoms with Crippen LogP contribution in [0.3, 0.4) is 0 Å². The molecule has 0 aromatic rings. The van der Waals surface area contributed by atoms with E-state index in [4.69, 9.17) is 0 Å². The highest BCUT2D eigenvalue weighted by molar-refractivity contribution is 7.86. The minimum atomic E-state index is -0.623. The van der Waals surface area contributed by atoms with Crippen molar-refractivity contribution in [2.75, 3.05) is 0 Å². The van der Waals surface area contributed by atoms with Gasteiger partial charge in [0.1, 0.15) is 5.78 Å². The molecule has 0 spiro atoms. The third-order valence-electron chi connectivity index (χ3n) is 4.71. The van der Waals surface area contributed by atoms with E-state index in [-0.39, 0.29) is 5.92 Å². The molecule has 3 heteroatoms. The standard InChI is InChI=1S/C13H20O2S/c14-13(9-3-1-4-9)10-7-11-5-2-6-12(8-10)16(11)15/h9-12H,1-8H2. The second-order valence-electron chi connectivity index (χ2n) is 5.70. The average molecular weight is 240 g/mol. The van der Waals surface area contributed by atoms with Gasteiger partial charge in [0.2, 0.25) is 0 Å². The van der Waals surface area contributed by atoms with Crippen LogP contribution < -0.4 is 0 Å². The molecule has 0 radical (unpaired) electrons. The molecule has 0 amide bonds. The molecule has 3 fully saturated rings. The first-order valence-corrected chi connectivity index (χ1v) is 7.96. The molecular formula is C13H20O2S. The summed E-state index contributed by atoms with van der Waals surface area (Å²) in [6, 6.07) is 0. The molecular weight excluding hydrogens is 220 g/mol. The van der Waals surface area contributed by atoms with Crippen LogP contribution >= 0.6 is 0 Å². The molecule has 0 aromatic heterocycles.